The molecule has 142 valence electrons. The SMILES string of the molecule is O=c1c(Cl)c(NC2CCc3ccc(F)cc32)cnn1-c1ccc([N+](=O)[O-])cc1. The van der Waals surface area contributed by atoms with E-state index in [1.54, 1.807) is 6.07 Å². The Labute approximate surface area is 163 Å². The molecule has 0 radical (unpaired) electrons. The Bertz CT molecular complexity index is 1130. The monoisotopic (exact) mass is 400 g/mol. The Balaban J connectivity index is 1.63. The zero-order valence-electron chi connectivity index (χ0n) is 14.4. The zero-order chi connectivity index (χ0) is 19.8. The topological polar surface area (TPSA) is 90.1 Å². The first-order chi connectivity index (χ1) is 13.4. The van der Waals surface area contributed by atoms with E-state index in [0.717, 1.165) is 28.7 Å². The molecule has 7 nitrogen and oxygen atoms in total. The van der Waals surface area contributed by atoms with Crippen molar-refractivity contribution in [1.82, 2.24) is 9.78 Å². The maximum absolute atomic E-state index is 13.6. The molecule has 1 aromatic heterocycles. The highest BCUT2D eigenvalue weighted by Crippen LogP contribution is 2.35. The largest absolute Gasteiger partial charge is 0.376 e. The van der Waals surface area contributed by atoms with E-state index in [2.05, 4.69) is 10.4 Å². The lowest BCUT2D eigenvalue weighted by molar-refractivity contribution is -0.384. The maximum Gasteiger partial charge on any atom is 0.292 e. The molecule has 9 heteroatoms. The van der Waals surface area contributed by atoms with Gasteiger partial charge in [-0.2, -0.15) is 9.78 Å². The van der Waals surface area contributed by atoms with Crippen LogP contribution in [0.3, 0.4) is 0 Å². The predicted octanol–water partition coefficient (Wildman–Crippen LogP) is 4.03. The van der Waals surface area contributed by atoms with Crippen LogP contribution in [0.1, 0.15) is 23.6 Å². The van der Waals surface area contributed by atoms with Crippen molar-refractivity contribution in [3.05, 3.63) is 91.1 Å². The molecule has 0 spiro atoms. The number of aryl methyl sites for hydroxylation is 1. The third-order valence-electron chi connectivity index (χ3n) is 4.74. The van der Waals surface area contributed by atoms with Gasteiger partial charge in [0.15, 0.2) is 0 Å². The third-order valence-corrected chi connectivity index (χ3v) is 5.10. The van der Waals surface area contributed by atoms with E-state index in [1.165, 1.54) is 42.6 Å². The molecule has 0 amide bonds. The molecule has 1 aliphatic rings. The Hall–Kier alpha value is -3.26. The molecule has 1 unspecified atom stereocenters. The molecule has 0 bridgehead atoms. The average molecular weight is 401 g/mol. The smallest absolute Gasteiger partial charge is 0.292 e. The van der Waals surface area contributed by atoms with Gasteiger partial charge in [0.25, 0.3) is 11.2 Å². The van der Waals surface area contributed by atoms with Crippen molar-refractivity contribution >= 4 is 23.0 Å². The normalized spacial score (nSPS) is 15.3. The Morgan fingerprint density at radius 1 is 1.25 bits per heavy atom. The van der Waals surface area contributed by atoms with Crippen LogP contribution >= 0.6 is 11.6 Å². The number of non-ortho nitro benzene ring substituents is 1. The molecular formula is C19H14ClFN4O3. The van der Waals surface area contributed by atoms with Gasteiger partial charge in [-0.3, -0.25) is 14.9 Å². The molecule has 0 saturated carbocycles. The third kappa shape index (κ3) is 3.22. The minimum Gasteiger partial charge on any atom is -0.376 e. The number of fused-ring (bicyclic) bond motifs is 1. The molecule has 0 aliphatic heterocycles. The van der Waals surface area contributed by atoms with Crippen LogP contribution in [-0.4, -0.2) is 14.7 Å². The fourth-order valence-electron chi connectivity index (χ4n) is 3.34. The molecule has 1 N–H and O–H groups in total. The molecule has 4 rings (SSSR count). The molecule has 3 aromatic rings. The molecule has 2 aromatic carbocycles. The van der Waals surface area contributed by atoms with Crippen LogP contribution in [0, 0.1) is 15.9 Å². The number of rotatable bonds is 4. The number of nitro groups is 1. The summed E-state index contributed by atoms with van der Waals surface area (Å²) in [6.45, 7) is 0. The second-order valence-electron chi connectivity index (χ2n) is 6.44. The second kappa shape index (κ2) is 7.05. The first kappa shape index (κ1) is 18.1. The standard InChI is InChI=1S/C19H14ClFN4O3/c20-18-17(23-16-8-2-11-1-3-12(21)9-15(11)16)10-22-24(19(18)26)13-4-6-14(7-5-13)25(27)28/h1,3-7,9-10,16,23H,2,8H2. The number of hydrogen-bond donors (Lipinski definition) is 1. The highest BCUT2D eigenvalue weighted by atomic mass is 35.5. The lowest BCUT2D eigenvalue weighted by atomic mass is 10.1. The molecule has 0 fully saturated rings. The van der Waals surface area contributed by atoms with Gasteiger partial charge in [-0.05, 0) is 48.2 Å². The number of nitro benzene ring substituents is 1. The van der Waals surface area contributed by atoms with Crippen molar-refractivity contribution in [2.24, 2.45) is 0 Å². The van der Waals surface area contributed by atoms with Gasteiger partial charge in [0.1, 0.15) is 10.8 Å². The molecule has 0 saturated heterocycles. The van der Waals surface area contributed by atoms with Gasteiger partial charge in [-0.1, -0.05) is 17.7 Å². The van der Waals surface area contributed by atoms with Crippen LogP contribution in [0.2, 0.25) is 5.02 Å². The van der Waals surface area contributed by atoms with Crippen molar-refractivity contribution in [2.75, 3.05) is 5.32 Å². The summed E-state index contributed by atoms with van der Waals surface area (Å²) in [5.74, 6) is -0.315. The maximum atomic E-state index is 13.6. The van der Waals surface area contributed by atoms with Gasteiger partial charge in [0, 0.05) is 12.1 Å². The van der Waals surface area contributed by atoms with Gasteiger partial charge in [0.2, 0.25) is 0 Å². The Kier molecular flexibility index (Phi) is 4.56. The van der Waals surface area contributed by atoms with Gasteiger partial charge in [-0.15, -0.1) is 0 Å². The average Bonchev–Trinajstić information content (AvgIpc) is 3.07. The Morgan fingerprint density at radius 3 is 2.71 bits per heavy atom. The summed E-state index contributed by atoms with van der Waals surface area (Å²) in [5, 5.41) is 18.0. The van der Waals surface area contributed by atoms with Crippen LogP contribution < -0.4 is 10.9 Å². The summed E-state index contributed by atoms with van der Waals surface area (Å²) in [4.78, 5) is 22.8. The van der Waals surface area contributed by atoms with Crippen molar-refractivity contribution in [3.63, 3.8) is 0 Å². The lowest BCUT2D eigenvalue weighted by Gasteiger charge is -2.17. The lowest BCUT2D eigenvalue weighted by Crippen LogP contribution is -2.23. The molecule has 1 atom stereocenters. The number of benzene rings is 2. The zero-order valence-corrected chi connectivity index (χ0v) is 15.2. The summed E-state index contributed by atoms with van der Waals surface area (Å²) in [5.41, 5.74) is 1.97. The van der Waals surface area contributed by atoms with Gasteiger partial charge in [-0.25, -0.2) is 4.39 Å². The number of hydrogen-bond acceptors (Lipinski definition) is 5. The van der Waals surface area contributed by atoms with Gasteiger partial charge >= 0.3 is 0 Å². The van der Waals surface area contributed by atoms with E-state index < -0.39 is 10.5 Å². The Morgan fingerprint density at radius 2 is 2.00 bits per heavy atom. The van der Waals surface area contributed by atoms with Crippen LogP contribution in [0.15, 0.2) is 53.5 Å². The summed E-state index contributed by atoms with van der Waals surface area (Å²) < 4.78 is 14.6. The molecule has 28 heavy (non-hydrogen) atoms. The number of halogens is 2. The highest BCUT2D eigenvalue weighted by molar-refractivity contribution is 6.33. The second-order valence-corrected chi connectivity index (χ2v) is 6.82. The van der Waals surface area contributed by atoms with Crippen molar-refractivity contribution in [1.29, 1.82) is 0 Å². The van der Waals surface area contributed by atoms with E-state index in [-0.39, 0.29) is 22.6 Å². The van der Waals surface area contributed by atoms with Crippen molar-refractivity contribution in [3.8, 4) is 5.69 Å². The number of anilines is 1. The van der Waals surface area contributed by atoms with E-state index in [0.29, 0.717) is 11.4 Å². The number of nitrogens with one attached hydrogen (secondary N) is 1. The molecule has 1 heterocycles. The summed E-state index contributed by atoms with van der Waals surface area (Å²) >= 11 is 6.25. The first-order valence-electron chi connectivity index (χ1n) is 8.51. The van der Waals surface area contributed by atoms with Crippen molar-refractivity contribution in [2.45, 2.75) is 18.9 Å². The van der Waals surface area contributed by atoms with Crippen LogP contribution in [0.4, 0.5) is 15.8 Å². The minimum absolute atomic E-state index is 0.0572. The van der Waals surface area contributed by atoms with Gasteiger partial charge in [0.05, 0.1) is 28.5 Å². The minimum atomic E-state index is -0.557. The van der Waals surface area contributed by atoms with Crippen molar-refractivity contribution < 1.29 is 9.31 Å². The fourth-order valence-corrected chi connectivity index (χ4v) is 3.53. The fraction of sp³-hybridized carbons (Fsp3) is 0.158. The summed E-state index contributed by atoms with van der Waals surface area (Å²) in [6, 6.07) is 9.93. The van der Waals surface area contributed by atoms with Crippen LogP contribution in [0.5, 0.6) is 0 Å². The van der Waals surface area contributed by atoms with E-state index in [9.17, 15) is 19.3 Å². The number of aromatic nitrogens is 2. The van der Waals surface area contributed by atoms with E-state index >= 15 is 0 Å². The molecular weight excluding hydrogens is 387 g/mol. The first-order valence-corrected chi connectivity index (χ1v) is 8.89. The van der Waals surface area contributed by atoms with Crippen LogP contribution in [-0.2, 0) is 6.42 Å². The number of nitrogens with zero attached hydrogens (tertiary/aromatic N) is 3. The van der Waals surface area contributed by atoms with Crippen LogP contribution in [0.25, 0.3) is 5.69 Å². The van der Waals surface area contributed by atoms with E-state index in [1.807, 2.05) is 0 Å². The summed E-state index contributed by atoms with van der Waals surface area (Å²) in [7, 11) is 0. The quantitative estimate of drug-likeness (QED) is 0.527. The predicted molar refractivity (Wildman–Crippen MR) is 103 cm³/mol. The highest BCUT2D eigenvalue weighted by Gasteiger charge is 2.24. The summed E-state index contributed by atoms with van der Waals surface area (Å²) in [6.07, 6.45) is 2.97. The van der Waals surface area contributed by atoms with Gasteiger partial charge < -0.3 is 5.32 Å². The molecule has 1 aliphatic carbocycles. The van der Waals surface area contributed by atoms with E-state index in [4.69, 9.17) is 11.6 Å².